The van der Waals surface area contributed by atoms with Crippen LogP contribution in [0.1, 0.15) is 0 Å². The van der Waals surface area contributed by atoms with Gasteiger partial charge in [0, 0.05) is 0 Å². The van der Waals surface area contributed by atoms with E-state index in [1.807, 2.05) is 25.1 Å². The predicted octanol–water partition coefficient (Wildman–Crippen LogP) is -0.565. The zero-order valence-electron chi connectivity index (χ0n) is 4.31. The Hall–Kier alpha value is -0.0166. The molecule has 0 amide bonds. The van der Waals surface area contributed by atoms with Gasteiger partial charge < -0.3 is 0 Å². The molecule has 2 bridgehead atoms. The van der Waals surface area contributed by atoms with Crippen LogP contribution in [0.5, 0.6) is 6.01 Å². The zero-order chi connectivity index (χ0) is 6.43. The summed E-state index contributed by atoms with van der Waals surface area (Å²) in [6, 6.07) is 2.26. The van der Waals surface area contributed by atoms with Crippen molar-refractivity contribution in [1.82, 2.24) is 0 Å². The van der Waals surface area contributed by atoms with E-state index in [1.54, 1.807) is 0 Å². The zero-order valence-corrected chi connectivity index (χ0v) is 7.63. The number of aromatic hydroxyl groups is 1. The minimum atomic E-state index is -1.14. The summed E-state index contributed by atoms with van der Waals surface area (Å²) in [6.45, 7) is 0. The Balaban J connectivity index is 2.67. The van der Waals surface area contributed by atoms with E-state index in [-0.39, 0.29) is 0 Å². The summed E-state index contributed by atoms with van der Waals surface area (Å²) in [5.41, 5.74) is 0. The van der Waals surface area contributed by atoms with Crippen molar-refractivity contribution >= 4 is 13.6 Å². The first-order valence-electron chi connectivity index (χ1n) is 2.30. The van der Waals surface area contributed by atoms with E-state index in [9.17, 15) is 0 Å². The Morgan fingerprint density at radius 2 is 2.00 bits per heavy atom. The normalized spacial score (nSPS) is 17.2. The first kappa shape index (κ1) is 5.74. The summed E-state index contributed by atoms with van der Waals surface area (Å²) >= 11 is 2.34. The van der Waals surface area contributed by atoms with E-state index in [1.165, 1.54) is 0 Å². The standard InChI is InChI=1S/C4H4N2O.BrH.Ru/c7-4-5-2-1-3-6-4;;/h1-3H,(H,5,6,7);1H;/q;;+3/p-1. The molecule has 0 aromatic carbocycles. The summed E-state index contributed by atoms with van der Waals surface area (Å²) in [5, 5.41) is 9.09. The number of hydrogen-bond acceptors (Lipinski definition) is 1. The molecule has 0 atom stereocenters. The predicted molar refractivity (Wildman–Crippen MR) is 28.2 cm³/mol. The fourth-order valence-corrected chi connectivity index (χ4v) is 4.82. The average molecular weight is 277 g/mol. The Morgan fingerprint density at radius 1 is 1.44 bits per heavy atom. The average Bonchev–Trinajstić information content (AvgIpc) is 1.91. The summed E-state index contributed by atoms with van der Waals surface area (Å²) in [6.07, 6.45) is 3.76. The third-order valence-corrected chi connectivity index (χ3v) is 6.87. The Kier molecular flexibility index (Phi) is 1.11. The van der Waals surface area contributed by atoms with Crippen molar-refractivity contribution in [2.45, 2.75) is 0 Å². The molecule has 1 aromatic heterocycles. The monoisotopic (exact) mass is 277 g/mol. The Labute approximate surface area is 64.3 Å². The first-order valence-corrected chi connectivity index (χ1v) is 7.83. The molecule has 9 heavy (non-hydrogen) atoms. The number of halogens is 1. The number of aromatic nitrogens is 2. The molecule has 2 aliphatic heterocycles. The van der Waals surface area contributed by atoms with Crippen LogP contribution in [0.15, 0.2) is 18.5 Å². The van der Waals surface area contributed by atoms with Crippen LogP contribution in [0.3, 0.4) is 0 Å². The Morgan fingerprint density at radius 3 is 2.22 bits per heavy atom. The molecule has 2 aliphatic rings. The fraction of sp³-hybridized carbons (Fsp3) is 0. The molecule has 0 radical (unpaired) electrons. The summed E-state index contributed by atoms with van der Waals surface area (Å²) < 4.78 is 3.73. The van der Waals surface area contributed by atoms with Gasteiger partial charge in [-0.25, -0.2) is 0 Å². The van der Waals surface area contributed by atoms with Crippen molar-refractivity contribution in [3.05, 3.63) is 18.5 Å². The number of hydrogen-bond donors (Lipinski definition) is 1. The van der Waals surface area contributed by atoms with Crippen molar-refractivity contribution in [3.8, 4) is 6.01 Å². The quantitative estimate of drug-likeness (QED) is 0.632. The van der Waals surface area contributed by atoms with Gasteiger partial charge in [-0.15, -0.1) is 0 Å². The molecule has 3 nitrogen and oxygen atoms in total. The topological polar surface area (TPSA) is 28.0 Å². The van der Waals surface area contributed by atoms with E-state index < -0.39 is 14.5 Å². The molecule has 49 valence electrons. The molecule has 0 spiro atoms. The molecule has 0 aliphatic carbocycles. The van der Waals surface area contributed by atoms with Gasteiger partial charge in [-0.3, -0.25) is 0 Å². The fourth-order valence-electron chi connectivity index (χ4n) is 0.665. The molecule has 3 rings (SSSR count). The van der Waals surface area contributed by atoms with Crippen LogP contribution < -0.4 is 6.62 Å². The van der Waals surface area contributed by atoms with Gasteiger partial charge >= 0.3 is 64.3 Å². The van der Waals surface area contributed by atoms with Gasteiger partial charge in [-0.1, -0.05) is 0 Å². The van der Waals surface area contributed by atoms with Gasteiger partial charge in [0.25, 0.3) is 0 Å². The molecular weight excluding hydrogens is 273 g/mol. The number of fused-ring (bicyclic) bond motifs is 2. The van der Waals surface area contributed by atoms with Gasteiger partial charge in [-0.2, -0.15) is 0 Å². The molecule has 1 aromatic rings. The third-order valence-electron chi connectivity index (χ3n) is 1.08. The van der Waals surface area contributed by atoms with Gasteiger partial charge in [-0.05, 0) is 0 Å². The summed E-state index contributed by atoms with van der Waals surface area (Å²) in [5.74, 6) is 0. The molecule has 5 heteroatoms. The van der Waals surface area contributed by atoms with Crippen LogP contribution in [-0.2, 0) is 14.5 Å². The molecule has 3 heterocycles. The van der Waals surface area contributed by atoms with E-state index in [4.69, 9.17) is 5.11 Å². The Bertz CT molecular complexity index is 244. The first-order chi connectivity index (χ1) is 4.30. The minimum absolute atomic E-state index is 0.355. The second-order valence-corrected chi connectivity index (χ2v) is 7.16. The van der Waals surface area contributed by atoms with Gasteiger partial charge in [0.1, 0.15) is 0 Å². The molecular formula is C4H4BrN2ORu+2. The van der Waals surface area contributed by atoms with Crippen LogP contribution in [0.25, 0.3) is 0 Å². The second kappa shape index (κ2) is 1.73. The van der Waals surface area contributed by atoms with Crippen molar-refractivity contribution in [2.75, 3.05) is 0 Å². The molecule has 0 fully saturated rings. The van der Waals surface area contributed by atoms with Crippen LogP contribution in [0.4, 0.5) is 0 Å². The van der Waals surface area contributed by atoms with E-state index in [0.29, 0.717) is 6.01 Å². The molecule has 1 N–H and O–H groups in total. The summed E-state index contributed by atoms with van der Waals surface area (Å²) in [4.78, 5) is 0. The van der Waals surface area contributed by atoms with Crippen LogP contribution >= 0.6 is 13.6 Å². The van der Waals surface area contributed by atoms with E-state index in [2.05, 4.69) is 13.6 Å². The molecule has 0 saturated carbocycles. The number of nitrogens with zero attached hydrogens (tertiary/aromatic N) is 2. The van der Waals surface area contributed by atoms with Crippen LogP contribution in [0.2, 0.25) is 0 Å². The maximum atomic E-state index is 9.09. The second-order valence-electron chi connectivity index (χ2n) is 1.58. The van der Waals surface area contributed by atoms with Crippen LogP contribution in [0, 0.1) is 0 Å². The van der Waals surface area contributed by atoms with E-state index in [0.717, 1.165) is 0 Å². The molecule has 0 saturated heterocycles. The van der Waals surface area contributed by atoms with Crippen LogP contribution in [-0.4, -0.2) is 5.11 Å². The SMILES string of the molecule is Oc1[n+]2ccc[n+]1[Ru]2[Br]. The van der Waals surface area contributed by atoms with Crippen molar-refractivity contribution in [3.63, 3.8) is 0 Å². The van der Waals surface area contributed by atoms with Crippen molar-refractivity contribution in [2.24, 2.45) is 0 Å². The molecule has 0 unspecified atom stereocenters. The van der Waals surface area contributed by atoms with Gasteiger partial charge in [0.2, 0.25) is 0 Å². The third kappa shape index (κ3) is 0.591. The van der Waals surface area contributed by atoms with Crippen molar-refractivity contribution < 1.29 is 26.2 Å². The van der Waals surface area contributed by atoms with Gasteiger partial charge in [0.15, 0.2) is 0 Å². The number of rotatable bonds is 0. The maximum absolute atomic E-state index is 9.09. The van der Waals surface area contributed by atoms with E-state index >= 15 is 0 Å². The van der Waals surface area contributed by atoms with Gasteiger partial charge in [0.05, 0.1) is 0 Å². The van der Waals surface area contributed by atoms with Crippen molar-refractivity contribution in [1.29, 1.82) is 0 Å². The summed E-state index contributed by atoms with van der Waals surface area (Å²) in [7, 11) is 0.